The number of halogens is 2. The molecule has 0 bridgehead atoms. The Labute approximate surface area is 110 Å². The van der Waals surface area contributed by atoms with E-state index in [1.165, 1.54) is 12.1 Å². The zero-order valence-electron chi connectivity index (χ0n) is 11.1. The smallest absolute Gasteiger partial charge is 0.270 e. The molecule has 1 rings (SSSR count). The van der Waals surface area contributed by atoms with Crippen molar-refractivity contribution in [1.82, 2.24) is 4.90 Å². The molecule has 0 aliphatic carbocycles. The van der Waals surface area contributed by atoms with Gasteiger partial charge in [-0.05, 0) is 27.1 Å². The fraction of sp³-hybridized carbons (Fsp3) is 0.500. The number of likely N-dealkylation sites (N-methyl/N-ethyl adjacent to an activating group) is 1. The lowest BCUT2D eigenvalue weighted by Gasteiger charge is -2.21. The van der Waals surface area contributed by atoms with Gasteiger partial charge in [0.1, 0.15) is 0 Å². The Morgan fingerprint density at radius 3 is 2.53 bits per heavy atom. The van der Waals surface area contributed by atoms with E-state index in [9.17, 15) is 18.9 Å². The molecular weight excluding hydrogens is 256 g/mol. The summed E-state index contributed by atoms with van der Waals surface area (Å²) in [6.07, 6.45) is -2.75. The Kier molecular flexibility index (Phi) is 5.17. The van der Waals surface area contributed by atoms with Gasteiger partial charge in [0, 0.05) is 36.0 Å². The number of non-ortho nitro benzene ring substituents is 1. The standard InChI is InChI=1S/C12H17F2N3O2/c1-8(16(2)3)7-15-11-5-4-9(17(18)19)6-10(11)12(13)14/h4-6,8,12,15H,7H2,1-3H3. The van der Waals surface area contributed by atoms with E-state index in [0.717, 1.165) is 6.07 Å². The molecule has 0 amide bonds. The molecule has 1 aromatic carbocycles. The average molecular weight is 273 g/mol. The molecule has 1 N–H and O–H groups in total. The van der Waals surface area contributed by atoms with E-state index < -0.39 is 11.3 Å². The van der Waals surface area contributed by atoms with Crippen molar-refractivity contribution in [2.45, 2.75) is 19.4 Å². The van der Waals surface area contributed by atoms with Crippen LogP contribution in [0.3, 0.4) is 0 Å². The highest BCUT2D eigenvalue weighted by Crippen LogP contribution is 2.30. The SMILES string of the molecule is CC(CNc1ccc([N+](=O)[O-])cc1C(F)F)N(C)C. The fourth-order valence-corrected chi connectivity index (χ4v) is 1.45. The molecular formula is C12H17F2N3O2. The number of benzene rings is 1. The summed E-state index contributed by atoms with van der Waals surface area (Å²) < 4.78 is 25.8. The minimum Gasteiger partial charge on any atom is -0.383 e. The van der Waals surface area contributed by atoms with Crippen LogP contribution in [0.5, 0.6) is 0 Å². The second-order valence-corrected chi connectivity index (χ2v) is 4.52. The summed E-state index contributed by atoms with van der Waals surface area (Å²) >= 11 is 0. The van der Waals surface area contributed by atoms with Crippen LogP contribution in [0.4, 0.5) is 20.2 Å². The molecule has 0 heterocycles. The predicted molar refractivity (Wildman–Crippen MR) is 69.7 cm³/mol. The number of nitrogens with zero attached hydrogens (tertiary/aromatic N) is 2. The Morgan fingerprint density at radius 2 is 2.05 bits per heavy atom. The molecule has 0 aromatic heterocycles. The van der Waals surface area contributed by atoms with E-state index in [2.05, 4.69) is 5.32 Å². The Hall–Kier alpha value is -1.76. The van der Waals surface area contributed by atoms with Gasteiger partial charge in [-0.25, -0.2) is 8.78 Å². The van der Waals surface area contributed by atoms with E-state index in [-0.39, 0.29) is 23.0 Å². The maximum atomic E-state index is 12.9. The number of nitro groups is 1. The summed E-state index contributed by atoms with van der Waals surface area (Å²) in [7, 11) is 3.77. The summed E-state index contributed by atoms with van der Waals surface area (Å²) in [5, 5.41) is 13.5. The lowest BCUT2D eigenvalue weighted by atomic mass is 10.1. The lowest BCUT2D eigenvalue weighted by Crippen LogP contribution is -2.31. The number of hydrogen-bond donors (Lipinski definition) is 1. The van der Waals surface area contributed by atoms with Crippen molar-refractivity contribution in [2.24, 2.45) is 0 Å². The summed E-state index contributed by atoms with van der Waals surface area (Å²) in [6.45, 7) is 2.42. The Morgan fingerprint density at radius 1 is 1.42 bits per heavy atom. The molecule has 1 atom stereocenters. The average Bonchev–Trinajstić information content (AvgIpc) is 2.35. The fourth-order valence-electron chi connectivity index (χ4n) is 1.45. The molecule has 0 aliphatic heterocycles. The van der Waals surface area contributed by atoms with E-state index in [1.807, 2.05) is 25.9 Å². The van der Waals surface area contributed by atoms with Crippen molar-refractivity contribution in [2.75, 3.05) is 26.0 Å². The van der Waals surface area contributed by atoms with Crippen LogP contribution < -0.4 is 5.32 Å². The number of hydrogen-bond acceptors (Lipinski definition) is 4. The first-order chi connectivity index (χ1) is 8.82. The van der Waals surface area contributed by atoms with Crippen molar-refractivity contribution in [1.29, 1.82) is 0 Å². The van der Waals surface area contributed by atoms with Crippen molar-refractivity contribution in [3.05, 3.63) is 33.9 Å². The predicted octanol–water partition coefficient (Wildman–Crippen LogP) is 2.89. The quantitative estimate of drug-likeness (QED) is 0.639. The summed E-state index contributed by atoms with van der Waals surface area (Å²) in [4.78, 5) is 11.8. The van der Waals surface area contributed by atoms with E-state index in [0.29, 0.717) is 6.54 Å². The molecule has 0 radical (unpaired) electrons. The second-order valence-electron chi connectivity index (χ2n) is 4.52. The van der Waals surface area contributed by atoms with Gasteiger partial charge in [-0.15, -0.1) is 0 Å². The summed E-state index contributed by atoms with van der Waals surface area (Å²) in [5.74, 6) is 0. The molecule has 7 heteroatoms. The third-order valence-corrected chi connectivity index (χ3v) is 2.95. The maximum Gasteiger partial charge on any atom is 0.270 e. The van der Waals surface area contributed by atoms with Crippen LogP contribution in [-0.2, 0) is 0 Å². The van der Waals surface area contributed by atoms with Crippen LogP contribution in [0.2, 0.25) is 0 Å². The third-order valence-electron chi connectivity index (χ3n) is 2.95. The van der Waals surface area contributed by atoms with Gasteiger partial charge in [0.15, 0.2) is 0 Å². The second kappa shape index (κ2) is 6.42. The van der Waals surface area contributed by atoms with Gasteiger partial charge in [0.05, 0.1) is 4.92 Å². The molecule has 0 saturated carbocycles. The summed E-state index contributed by atoms with van der Waals surface area (Å²) in [6, 6.07) is 3.60. The highest BCUT2D eigenvalue weighted by molar-refractivity contribution is 5.56. The molecule has 0 aliphatic rings. The number of nitrogens with one attached hydrogen (secondary N) is 1. The van der Waals surface area contributed by atoms with Crippen molar-refractivity contribution in [3.63, 3.8) is 0 Å². The highest BCUT2D eigenvalue weighted by atomic mass is 19.3. The third kappa shape index (κ3) is 4.13. The van der Waals surface area contributed by atoms with E-state index in [1.54, 1.807) is 0 Å². The van der Waals surface area contributed by atoms with Crippen LogP contribution in [-0.4, -0.2) is 36.5 Å². The van der Waals surface area contributed by atoms with Crippen molar-refractivity contribution < 1.29 is 13.7 Å². The largest absolute Gasteiger partial charge is 0.383 e. The zero-order chi connectivity index (χ0) is 14.6. The first kappa shape index (κ1) is 15.3. The van der Waals surface area contributed by atoms with Gasteiger partial charge < -0.3 is 10.2 Å². The van der Waals surface area contributed by atoms with Gasteiger partial charge in [-0.2, -0.15) is 0 Å². The molecule has 5 nitrogen and oxygen atoms in total. The lowest BCUT2D eigenvalue weighted by molar-refractivity contribution is -0.385. The Bertz CT molecular complexity index is 453. The number of rotatable bonds is 6. The molecule has 1 unspecified atom stereocenters. The zero-order valence-corrected chi connectivity index (χ0v) is 11.1. The minimum absolute atomic E-state index is 0.153. The molecule has 19 heavy (non-hydrogen) atoms. The highest BCUT2D eigenvalue weighted by Gasteiger charge is 2.18. The molecule has 0 fully saturated rings. The van der Waals surface area contributed by atoms with Crippen molar-refractivity contribution in [3.8, 4) is 0 Å². The normalized spacial score (nSPS) is 12.8. The van der Waals surface area contributed by atoms with Crippen LogP contribution in [0.15, 0.2) is 18.2 Å². The summed E-state index contributed by atoms with van der Waals surface area (Å²) in [5.41, 5.74) is -0.448. The van der Waals surface area contributed by atoms with Gasteiger partial charge in [0.25, 0.3) is 12.1 Å². The number of nitro benzene ring substituents is 1. The van der Waals surface area contributed by atoms with Crippen LogP contribution in [0, 0.1) is 10.1 Å². The first-order valence-corrected chi connectivity index (χ1v) is 5.79. The molecule has 0 spiro atoms. The molecule has 0 saturated heterocycles. The molecule has 106 valence electrons. The maximum absolute atomic E-state index is 12.9. The Balaban J connectivity index is 2.91. The van der Waals surface area contributed by atoms with Crippen molar-refractivity contribution >= 4 is 11.4 Å². The van der Waals surface area contributed by atoms with Gasteiger partial charge in [-0.1, -0.05) is 0 Å². The van der Waals surface area contributed by atoms with E-state index >= 15 is 0 Å². The van der Waals surface area contributed by atoms with Gasteiger partial charge >= 0.3 is 0 Å². The molecule has 1 aromatic rings. The van der Waals surface area contributed by atoms with Gasteiger partial charge in [0.2, 0.25) is 0 Å². The van der Waals surface area contributed by atoms with Crippen LogP contribution in [0.1, 0.15) is 18.9 Å². The number of anilines is 1. The van der Waals surface area contributed by atoms with Crippen LogP contribution in [0.25, 0.3) is 0 Å². The first-order valence-electron chi connectivity index (χ1n) is 5.79. The number of alkyl halides is 2. The minimum atomic E-state index is -2.75. The topological polar surface area (TPSA) is 58.4 Å². The monoisotopic (exact) mass is 273 g/mol. The van der Waals surface area contributed by atoms with E-state index in [4.69, 9.17) is 0 Å². The van der Waals surface area contributed by atoms with Crippen LogP contribution >= 0.6 is 0 Å². The van der Waals surface area contributed by atoms with Gasteiger partial charge in [-0.3, -0.25) is 10.1 Å².